The van der Waals surface area contributed by atoms with E-state index in [9.17, 15) is 10.1 Å². The van der Waals surface area contributed by atoms with Crippen molar-refractivity contribution < 1.29 is 4.92 Å². The molecule has 0 aliphatic heterocycles. The summed E-state index contributed by atoms with van der Waals surface area (Å²) in [6.07, 6.45) is 7.23. The van der Waals surface area contributed by atoms with E-state index in [1.54, 1.807) is 29.5 Å². The lowest BCUT2D eigenvalue weighted by atomic mass is 10.1. The van der Waals surface area contributed by atoms with Crippen molar-refractivity contribution in [3.8, 4) is 11.3 Å². The Balaban J connectivity index is 1.86. The summed E-state index contributed by atoms with van der Waals surface area (Å²) in [5.41, 5.74) is 2.95. The summed E-state index contributed by atoms with van der Waals surface area (Å²) >= 11 is 1.61. The minimum absolute atomic E-state index is 0.123. The number of nitrogens with zero attached hydrogens (tertiary/aromatic N) is 3. The monoisotopic (exact) mass is 393 g/mol. The number of rotatable bonds is 4. The minimum atomic E-state index is -0.332. The first-order chi connectivity index (χ1) is 13.7. The molecule has 4 rings (SSSR count). The van der Waals surface area contributed by atoms with Gasteiger partial charge in [0.1, 0.15) is 0 Å². The maximum absolute atomic E-state index is 11.2. The van der Waals surface area contributed by atoms with Gasteiger partial charge in [-0.3, -0.25) is 10.1 Å². The number of para-hydroxylation sites is 1. The van der Waals surface area contributed by atoms with Crippen LogP contribution in [0.25, 0.3) is 11.3 Å². The zero-order chi connectivity index (χ0) is 19.3. The number of nitro groups is 1. The Kier molecular flexibility index (Phi) is 5.67. The summed E-state index contributed by atoms with van der Waals surface area (Å²) in [5, 5.41) is 13.3. The number of benzene rings is 2. The summed E-state index contributed by atoms with van der Waals surface area (Å²) in [6.45, 7) is 0. The largest absolute Gasteiger partial charge is 0.313 e. The van der Waals surface area contributed by atoms with Crippen LogP contribution in [0.15, 0.2) is 65.0 Å². The maximum Gasteiger partial charge on any atom is 0.270 e. The molecule has 1 aliphatic rings. The molecule has 2 aromatic carbocycles. The van der Waals surface area contributed by atoms with Crippen molar-refractivity contribution in [1.29, 1.82) is 0 Å². The zero-order valence-corrected chi connectivity index (χ0v) is 16.5. The van der Waals surface area contributed by atoms with Crippen molar-refractivity contribution in [3.63, 3.8) is 0 Å². The van der Waals surface area contributed by atoms with Gasteiger partial charge < -0.3 is 4.57 Å². The molecule has 3 aromatic rings. The fraction of sp³-hybridized carbons (Fsp3) is 0.318. The Bertz CT molecular complexity index is 1020. The molecule has 0 bridgehead atoms. The summed E-state index contributed by atoms with van der Waals surface area (Å²) < 4.78 is 2.32. The van der Waals surface area contributed by atoms with Crippen LogP contribution < -0.4 is 4.80 Å². The molecule has 0 atom stereocenters. The van der Waals surface area contributed by atoms with Gasteiger partial charge in [-0.15, -0.1) is 11.3 Å². The minimum Gasteiger partial charge on any atom is -0.313 e. The van der Waals surface area contributed by atoms with E-state index < -0.39 is 0 Å². The van der Waals surface area contributed by atoms with Gasteiger partial charge in [-0.05, 0) is 25.0 Å². The number of non-ortho nitro benzene ring substituents is 1. The summed E-state index contributed by atoms with van der Waals surface area (Å²) in [4.78, 5) is 16.8. The lowest BCUT2D eigenvalue weighted by Crippen LogP contribution is -2.21. The van der Waals surface area contributed by atoms with Crippen LogP contribution in [0.2, 0.25) is 0 Å². The second-order valence-electron chi connectivity index (χ2n) is 7.17. The molecule has 1 saturated carbocycles. The van der Waals surface area contributed by atoms with E-state index in [2.05, 4.69) is 9.95 Å². The van der Waals surface area contributed by atoms with E-state index in [1.165, 1.54) is 25.7 Å². The molecule has 0 radical (unpaired) electrons. The highest BCUT2D eigenvalue weighted by atomic mass is 32.1. The standard InChI is InChI=1S/C22H23N3O2S/c26-25(27)20-14-8-9-17(15-20)21-16-28-22(23-18-10-4-3-5-11-18)24(21)19-12-6-1-2-7-13-19/h3-5,8-11,14-16,19H,1-2,6-7,12-13H2. The van der Waals surface area contributed by atoms with Crippen molar-refractivity contribution in [2.75, 3.05) is 0 Å². The van der Waals surface area contributed by atoms with Gasteiger partial charge in [0.15, 0.2) is 4.80 Å². The Hall–Kier alpha value is -2.73. The summed E-state index contributed by atoms with van der Waals surface area (Å²) in [5.74, 6) is 0. The molecule has 1 heterocycles. The van der Waals surface area contributed by atoms with Crippen LogP contribution in [-0.4, -0.2) is 9.49 Å². The molecule has 5 nitrogen and oxygen atoms in total. The molecule has 144 valence electrons. The molecule has 0 saturated heterocycles. The quantitative estimate of drug-likeness (QED) is 0.299. The molecule has 1 aromatic heterocycles. The first-order valence-corrected chi connectivity index (χ1v) is 10.6. The Morgan fingerprint density at radius 1 is 1.00 bits per heavy atom. The normalized spacial score (nSPS) is 16.1. The third-order valence-corrected chi connectivity index (χ3v) is 6.11. The molecule has 0 unspecified atom stereocenters. The lowest BCUT2D eigenvalue weighted by Gasteiger charge is -2.20. The average molecular weight is 394 g/mol. The lowest BCUT2D eigenvalue weighted by molar-refractivity contribution is -0.384. The van der Waals surface area contributed by atoms with E-state index in [0.717, 1.165) is 34.6 Å². The van der Waals surface area contributed by atoms with Crippen LogP contribution in [0, 0.1) is 10.1 Å². The highest BCUT2D eigenvalue weighted by Crippen LogP contribution is 2.32. The first-order valence-electron chi connectivity index (χ1n) is 9.77. The Morgan fingerprint density at radius 2 is 1.75 bits per heavy atom. The smallest absolute Gasteiger partial charge is 0.270 e. The molecule has 1 fully saturated rings. The second kappa shape index (κ2) is 8.52. The van der Waals surface area contributed by atoms with E-state index in [0.29, 0.717) is 6.04 Å². The van der Waals surface area contributed by atoms with Crippen LogP contribution in [0.3, 0.4) is 0 Å². The van der Waals surface area contributed by atoms with Gasteiger partial charge in [-0.25, -0.2) is 4.99 Å². The SMILES string of the molecule is O=[N+]([O-])c1cccc(-c2csc(=Nc3ccccc3)n2C2CCCCCC2)c1. The fourth-order valence-electron chi connectivity index (χ4n) is 3.87. The van der Waals surface area contributed by atoms with Gasteiger partial charge in [0.05, 0.1) is 16.3 Å². The maximum atomic E-state index is 11.2. The van der Waals surface area contributed by atoms with Crippen LogP contribution in [0.1, 0.15) is 44.6 Å². The van der Waals surface area contributed by atoms with E-state index in [1.807, 2.05) is 36.4 Å². The highest BCUT2D eigenvalue weighted by Gasteiger charge is 2.20. The van der Waals surface area contributed by atoms with Gasteiger partial charge >= 0.3 is 0 Å². The predicted octanol–water partition coefficient (Wildman–Crippen LogP) is 6.25. The van der Waals surface area contributed by atoms with Crippen molar-refractivity contribution in [2.45, 2.75) is 44.6 Å². The Morgan fingerprint density at radius 3 is 2.46 bits per heavy atom. The fourth-order valence-corrected chi connectivity index (χ4v) is 4.86. The number of hydrogen-bond donors (Lipinski definition) is 0. The molecular weight excluding hydrogens is 370 g/mol. The molecule has 0 amide bonds. The van der Waals surface area contributed by atoms with Crippen molar-refractivity contribution in [3.05, 3.63) is 74.9 Å². The number of nitro benzene ring substituents is 1. The second-order valence-corrected chi connectivity index (χ2v) is 8.01. The van der Waals surface area contributed by atoms with Crippen LogP contribution in [0.4, 0.5) is 11.4 Å². The topological polar surface area (TPSA) is 60.4 Å². The predicted molar refractivity (Wildman–Crippen MR) is 113 cm³/mol. The molecule has 0 N–H and O–H groups in total. The highest BCUT2D eigenvalue weighted by molar-refractivity contribution is 7.07. The average Bonchev–Trinajstić information content (AvgIpc) is 2.94. The van der Waals surface area contributed by atoms with Gasteiger partial charge in [0, 0.05) is 29.1 Å². The third kappa shape index (κ3) is 4.07. The third-order valence-electron chi connectivity index (χ3n) is 5.27. The molecule has 1 aliphatic carbocycles. The summed E-state index contributed by atoms with van der Waals surface area (Å²) in [6, 6.07) is 17.3. The van der Waals surface area contributed by atoms with E-state index >= 15 is 0 Å². The van der Waals surface area contributed by atoms with E-state index in [-0.39, 0.29) is 10.6 Å². The van der Waals surface area contributed by atoms with Crippen LogP contribution in [-0.2, 0) is 0 Å². The van der Waals surface area contributed by atoms with E-state index in [4.69, 9.17) is 4.99 Å². The molecule has 28 heavy (non-hydrogen) atoms. The molecule has 0 spiro atoms. The molecule has 6 heteroatoms. The Labute approximate surface area is 168 Å². The first kappa shape index (κ1) is 18.6. The van der Waals surface area contributed by atoms with Crippen LogP contribution >= 0.6 is 11.3 Å². The van der Waals surface area contributed by atoms with Crippen molar-refractivity contribution in [1.82, 2.24) is 4.57 Å². The van der Waals surface area contributed by atoms with Gasteiger partial charge in [0.25, 0.3) is 5.69 Å². The van der Waals surface area contributed by atoms with Crippen LogP contribution in [0.5, 0.6) is 0 Å². The van der Waals surface area contributed by atoms with Gasteiger partial charge in [0.2, 0.25) is 0 Å². The number of aromatic nitrogens is 1. The van der Waals surface area contributed by atoms with Gasteiger partial charge in [-0.1, -0.05) is 56.0 Å². The summed E-state index contributed by atoms with van der Waals surface area (Å²) in [7, 11) is 0. The zero-order valence-electron chi connectivity index (χ0n) is 15.7. The van der Waals surface area contributed by atoms with Crippen molar-refractivity contribution >= 4 is 22.7 Å². The van der Waals surface area contributed by atoms with Crippen molar-refractivity contribution in [2.24, 2.45) is 4.99 Å². The number of hydrogen-bond acceptors (Lipinski definition) is 4. The van der Waals surface area contributed by atoms with Gasteiger partial charge in [-0.2, -0.15) is 0 Å². The number of thiazole rings is 1. The molecular formula is C22H23N3O2S.